The fraction of sp³-hybridized carbons (Fsp3) is 0.571. The van der Waals surface area contributed by atoms with Crippen LogP contribution in [0.25, 0.3) is 0 Å². The minimum Gasteiger partial charge on any atom is -0.427 e. The van der Waals surface area contributed by atoms with Gasteiger partial charge in [-0.2, -0.15) is 0 Å². The summed E-state index contributed by atoms with van der Waals surface area (Å²) in [6, 6.07) is 6.69. The Kier molecular flexibility index (Phi) is 6.48. The first-order valence-corrected chi connectivity index (χ1v) is 9.91. The third-order valence-corrected chi connectivity index (χ3v) is 5.39. The highest BCUT2D eigenvalue weighted by Crippen LogP contribution is 2.26. The molecule has 6 nitrogen and oxygen atoms in total. The number of ether oxygens (including phenoxy) is 1. The van der Waals surface area contributed by atoms with Crippen LogP contribution in [-0.4, -0.2) is 53.8 Å². The van der Waals surface area contributed by atoms with Gasteiger partial charge in [-0.25, -0.2) is 0 Å². The van der Waals surface area contributed by atoms with Crippen LogP contribution >= 0.6 is 0 Å². The van der Waals surface area contributed by atoms with E-state index < -0.39 is 5.97 Å². The van der Waals surface area contributed by atoms with Crippen molar-refractivity contribution in [3.8, 4) is 5.75 Å². The van der Waals surface area contributed by atoms with Gasteiger partial charge in [-0.3, -0.25) is 14.4 Å². The number of carbonyl (C=O) groups is 3. The van der Waals surface area contributed by atoms with Crippen molar-refractivity contribution in [2.24, 2.45) is 5.92 Å². The molecule has 0 aromatic heterocycles. The van der Waals surface area contributed by atoms with Crippen LogP contribution in [0.5, 0.6) is 5.75 Å². The van der Waals surface area contributed by atoms with E-state index in [1.807, 2.05) is 4.90 Å². The van der Waals surface area contributed by atoms with Crippen molar-refractivity contribution in [2.45, 2.75) is 45.4 Å². The molecule has 0 unspecified atom stereocenters. The zero-order valence-electron chi connectivity index (χ0n) is 16.0. The number of hydrogen-bond donors (Lipinski definition) is 0. The van der Waals surface area contributed by atoms with E-state index in [0.717, 1.165) is 32.1 Å². The van der Waals surface area contributed by atoms with Crippen molar-refractivity contribution < 1.29 is 19.1 Å². The molecule has 146 valence electrons. The van der Waals surface area contributed by atoms with Crippen molar-refractivity contribution in [3.63, 3.8) is 0 Å². The third-order valence-electron chi connectivity index (χ3n) is 5.39. The molecule has 1 heterocycles. The lowest BCUT2D eigenvalue weighted by atomic mass is 9.88. The summed E-state index contributed by atoms with van der Waals surface area (Å²) < 4.78 is 5.07. The van der Waals surface area contributed by atoms with Gasteiger partial charge in [-0.05, 0) is 37.5 Å². The summed E-state index contributed by atoms with van der Waals surface area (Å²) in [6.07, 6.45) is 6.31. The largest absolute Gasteiger partial charge is 0.427 e. The summed E-state index contributed by atoms with van der Waals surface area (Å²) in [5.74, 6) is 0.307. The Morgan fingerprint density at radius 3 is 2.37 bits per heavy atom. The average molecular weight is 372 g/mol. The zero-order chi connectivity index (χ0) is 19.2. The molecule has 1 aromatic rings. The maximum Gasteiger partial charge on any atom is 0.308 e. The summed E-state index contributed by atoms with van der Waals surface area (Å²) in [7, 11) is 0. The van der Waals surface area contributed by atoms with Crippen molar-refractivity contribution in [1.29, 1.82) is 0 Å². The molecule has 1 aliphatic heterocycles. The molecular formula is C21H28N2O4. The molecule has 0 bridgehead atoms. The van der Waals surface area contributed by atoms with E-state index in [9.17, 15) is 14.4 Å². The van der Waals surface area contributed by atoms with Crippen LogP contribution in [0, 0.1) is 5.92 Å². The van der Waals surface area contributed by atoms with E-state index in [4.69, 9.17) is 4.74 Å². The molecular weight excluding hydrogens is 344 g/mol. The predicted molar refractivity (Wildman–Crippen MR) is 101 cm³/mol. The molecule has 1 saturated heterocycles. The Balaban J connectivity index is 1.61. The fourth-order valence-corrected chi connectivity index (χ4v) is 3.99. The molecule has 3 rings (SSSR count). The number of esters is 1. The lowest BCUT2D eigenvalue weighted by Crippen LogP contribution is -2.40. The molecule has 0 N–H and O–H groups in total. The van der Waals surface area contributed by atoms with Gasteiger partial charge in [0.15, 0.2) is 0 Å². The van der Waals surface area contributed by atoms with Crippen molar-refractivity contribution in [3.05, 3.63) is 29.8 Å². The first-order chi connectivity index (χ1) is 13.0. The van der Waals surface area contributed by atoms with E-state index >= 15 is 0 Å². The maximum absolute atomic E-state index is 12.9. The van der Waals surface area contributed by atoms with Crippen molar-refractivity contribution in [1.82, 2.24) is 9.80 Å². The fourth-order valence-electron chi connectivity index (χ4n) is 3.99. The first-order valence-electron chi connectivity index (χ1n) is 9.91. The zero-order valence-corrected chi connectivity index (χ0v) is 16.0. The van der Waals surface area contributed by atoms with E-state index in [0.29, 0.717) is 37.5 Å². The highest BCUT2D eigenvalue weighted by atomic mass is 16.5. The lowest BCUT2D eigenvalue weighted by molar-refractivity contribution is -0.136. The monoisotopic (exact) mass is 372 g/mol. The Morgan fingerprint density at radius 2 is 1.63 bits per heavy atom. The number of rotatable bonds is 3. The van der Waals surface area contributed by atoms with Crippen LogP contribution in [0.15, 0.2) is 24.3 Å². The smallest absolute Gasteiger partial charge is 0.308 e. The van der Waals surface area contributed by atoms with Crippen molar-refractivity contribution in [2.75, 3.05) is 26.2 Å². The molecule has 1 aromatic carbocycles. The van der Waals surface area contributed by atoms with Crippen molar-refractivity contribution >= 4 is 17.8 Å². The second kappa shape index (κ2) is 9.02. The second-order valence-electron chi connectivity index (χ2n) is 7.43. The first kappa shape index (κ1) is 19.4. The molecule has 2 amide bonds. The van der Waals surface area contributed by atoms with Crippen LogP contribution in [-0.2, 0) is 9.59 Å². The Morgan fingerprint density at radius 1 is 0.926 bits per heavy atom. The number of carbonyl (C=O) groups excluding carboxylic acids is 3. The Hall–Kier alpha value is -2.37. The summed E-state index contributed by atoms with van der Waals surface area (Å²) in [6.45, 7) is 3.80. The average Bonchev–Trinajstić information content (AvgIpc) is 2.93. The van der Waals surface area contributed by atoms with Crippen LogP contribution in [0.1, 0.15) is 55.8 Å². The predicted octanol–water partition coefficient (Wildman–Crippen LogP) is 2.87. The van der Waals surface area contributed by atoms with Crippen LogP contribution < -0.4 is 4.74 Å². The standard InChI is InChI=1S/C21H28N2O4/c1-16(24)27-19-10-5-9-18(15-19)21(26)23-12-6-11-22(13-14-23)20(25)17-7-3-2-4-8-17/h5,9-10,15,17H,2-4,6-8,11-14H2,1H3. The summed E-state index contributed by atoms with van der Waals surface area (Å²) in [4.78, 5) is 40.5. The maximum atomic E-state index is 12.9. The molecule has 0 spiro atoms. The molecule has 1 saturated carbocycles. The minimum absolute atomic E-state index is 0.0871. The summed E-state index contributed by atoms with van der Waals surface area (Å²) in [5.41, 5.74) is 0.501. The third kappa shape index (κ3) is 5.08. The number of benzene rings is 1. The SMILES string of the molecule is CC(=O)Oc1cccc(C(=O)N2CCCN(C(=O)C3CCCCC3)CC2)c1. The molecule has 2 fully saturated rings. The van der Waals surface area contributed by atoms with Gasteiger partial charge in [-0.15, -0.1) is 0 Å². The number of amides is 2. The van der Waals surface area contributed by atoms with Crippen LogP contribution in [0.4, 0.5) is 0 Å². The number of hydrogen-bond acceptors (Lipinski definition) is 4. The van der Waals surface area contributed by atoms with Gasteiger partial charge in [0.25, 0.3) is 5.91 Å². The molecule has 0 radical (unpaired) electrons. The van der Waals surface area contributed by atoms with E-state index in [2.05, 4.69) is 0 Å². The van der Waals surface area contributed by atoms with Crippen LogP contribution in [0.2, 0.25) is 0 Å². The molecule has 2 aliphatic rings. The molecule has 0 atom stereocenters. The van der Waals surface area contributed by atoms with E-state index in [-0.39, 0.29) is 17.7 Å². The van der Waals surface area contributed by atoms with Gasteiger partial charge >= 0.3 is 5.97 Å². The van der Waals surface area contributed by atoms with Gasteiger partial charge in [0.1, 0.15) is 5.75 Å². The Bertz CT molecular complexity index is 697. The van der Waals surface area contributed by atoms with E-state index in [1.54, 1.807) is 29.2 Å². The molecule has 6 heteroatoms. The van der Waals surface area contributed by atoms with Crippen LogP contribution in [0.3, 0.4) is 0 Å². The van der Waals surface area contributed by atoms with Gasteiger partial charge in [0.05, 0.1) is 0 Å². The summed E-state index contributed by atoms with van der Waals surface area (Å²) in [5, 5.41) is 0. The van der Waals surface area contributed by atoms with E-state index in [1.165, 1.54) is 13.3 Å². The topological polar surface area (TPSA) is 66.9 Å². The number of nitrogens with zero attached hydrogens (tertiary/aromatic N) is 2. The van der Waals surface area contributed by atoms with Gasteiger partial charge in [0, 0.05) is 44.6 Å². The molecule has 27 heavy (non-hydrogen) atoms. The van der Waals surface area contributed by atoms with Gasteiger partial charge in [-0.1, -0.05) is 25.3 Å². The quantitative estimate of drug-likeness (QED) is 0.604. The normalized spacial score (nSPS) is 18.7. The summed E-state index contributed by atoms with van der Waals surface area (Å²) >= 11 is 0. The highest BCUT2D eigenvalue weighted by molar-refractivity contribution is 5.94. The molecule has 1 aliphatic carbocycles. The Labute approximate surface area is 160 Å². The van der Waals surface area contributed by atoms with Gasteiger partial charge < -0.3 is 14.5 Å². The minimum atomic E-state index is -0.411. The second-order valence-corrected chi connectivity index (χ2v) is 7.43. The lowest BCUT2D eigenvalue weighted by Gasteiger charge is -2.28. The highest BCUT2D eigenvalue weighted by Gasteiger charge is 2.28. The van der Waals surface area contributed by atoms with Gasteiger partial charge in [0.2, 0.25) is 5.91 Å².